The van der Waals surface area contributed by atoms with Gasteiger partial charge in [0.2, 0.25) is 0 Å². The molecule has 0 fully saturated rings. The number of carbonyl (C=O) groups is 2. The van der Waals surface area contributed by atoms with Crippen LogP contribution in [-0.2, 0) is 19.7 Å². The standard InChI is InChI=1S/C15H9I3O7S/c16-8-1-3-9(4-2-8)24-13(19)7-14(20)25-10-5-11(17)15(12(18)6-10)26(21,22)23/h1-6H,7H2,(H,21,22,23)/p-1. The summed E-state index contributed by atoms with van der Waals surface area (Å²) in [5, 5.41) is 0. The second-order valence-corrected chi connectivity index (χ2v) is 9.64. The lowest BCUT2D eigenvalue weighted by Gasteiger charge is -2.13. The molecular formula is C15H8I3O7S-. The quantitative estimate of drug-likeness (QED) is 0.154. The van der Waals surface area contributed by atoms with Gasteiger partial charge >= 0.3 is 11.9 Å². The highest BCUT2D eigenvalue weighted by Crippen LogP contribution is 2.29. The lowest BCUT2D eigenvalue weighted by Crippen LogP contribution is -2.18. The van der Waals surface area contributed by atoms with E-state index in [1.807, 2.05) is 0 Å². The van der Waals surface area contributed by atoms with Crippen LogP contribution < -0.4 is 9.47 Å². The number of rotatable bonds is 5. The highest BCUT2D eigenvalue weighted by atomic mass is 127. The van der Waals surface area contributed by atoms with Crippen molar-refractivity contribution in [2.24, 2.45) is 0 Å². The molecule has 0 aliphatic heterocycles. The van der Waals surface area contributed by atoms with Crippen LogP contribution in [0.3, 0.4) is 0 Å². The summed E-state index contributed by atoms with van der Waals surface area (Å²) < 4.78 is 44.9. The maximum Gasteiger partial charge on any atom is 0.322 e. The number of hydrogen-bond donors (Lipinski definition) is 0. The third kappa shape index (κ3) is 6.28. The molecule has 2 aromatic carbocycles. The number of ether oxygens (including phenoxy) is 2. The van der Waals surface area contributed by atoms with E-state index in [1.54, 1.807) is 69.4 Å². The van der Waals surface area contributed by atoms with E-state index in [-0.39, 0.29) is 17.8 Å². The van der Waals surface area contributed by atoms with Gasteiger partial charge in [0.1, 0.15) is 28.0 Å². The Labute approximate surface area is 190 Å². The first kappa shape index (κ1) is 21.8. The maximum absolute atomic E-state index is 11.9. The Bertz CT molecular complexity index is 933. The Morgan fingerprint density at radius 3 is 1.81 bits per heavy atom. The normalized spacial score (nSPS) is 11.1. The molecule has 2 rings (SSSR count). The second kappa shape index (κ2) is 9.11. The van der Waals surface area contributed by atoms with E-state index in [0.29, 0.717) is 5.75 Å². The summed E-state index contributed by atoms with van der Waals surface area (Å²) >= 11 is 5.42. The minimum Gasteiger partial charge on any atom is -0.744 e. The SMILES string of the molecule is O=C(CC(=O)Oc1cc(I)c(S(=O)(=O)[O-])c(I)c1)Oc1ccc(I)cc1. The molecule has 0 amide bonds. The van der Waals surface area contributed by atoms with Crippen molar-refractivity contribution >= 4 is 89.8 Å². The van der Waals surface area contributed by atoms with Crippen LogP contribution >= 0.6 is 67.8 Å². The topological polar surface area (TPSA) is 110 Å². The van der Waals surface area contributed by atoms with Gasteiger partial charge in [-0.3, -0.25) is 9.59 Å². The predicted octanol–water partition coefficient (Wildman–Crippen LogP) is 3.31. The van der Waals surface area contributed by atoms with Crippen molar-refractivity contribution in [3.63, 3.8) is 0 Å². The van der Waals surface area contributed by atoms with E-state index in [0.717, 1.165) is 3.57 Å². The highest BCUT2D eigenvalue weighted by molar-refractivity contribution is 14.1. The van der Waals surface area contributed by atoms with Crippen LogP contribution in [0.1, 0.15) is 6.42 Å². The van der Waals surface area contributed by atoms with Crippen LogP contribution in [0, 0.1) is 10.7 Å². The number of carbonyl (C=O) groups excluding carboxylic acids is 2. The summed E-state index contributed by atoms with van der Waals surface area (Å²) in [5.41, 5.74) is 0. The summed E-state index contributed by atoms with van der Waals surface area (Å²) in [6.07, 6.45) is -0.624. The maximum atomic E-state index is 11.9. The van der Waals surface area contributed by atoms with Gasteiger partial charge in [-0.2, -0.15) is 0 Å². The summed E-state index contributed by atoms with van der Waals surface area (Å²) in [6, 6.07) is 9.15. The number of esters is 2. The van der Waals surface area contributed by atoms with Gasteiger partial charge in [-0.25, -0.2) is 8.42 Å². The Kier molecular flexibility index (Phi) is 7.63. The van der Waals surface area contributed by atoms with Gasteiger partial charge in [0, 0.05) is 10.7 Å². The summed E-state index contributed by atoms with van der Waals surface area (Å²) in [7, 11) is -4.65. The molecule has 11 heteroatoms. The van der Waals surface area contributed by atoms with Gasteiger partial charge in [-0.05, 0) is 104 Å². The highest BCUT2D eigenvalue weighted by Gasteiger charge is 2.18. The van der Waals surface area contributed by atoms with Crippen LogP contribution in [-0.4, -0.2) is 24.9 Å². The van der Waals surface area contributed by atoms with Gasteiger partial charge in [0.15, 0.2) is 0 Å². The molecule has 0 N–H and O–H groups in total. The molecule has 0 heterocycles. The molecule has 26 heavy (non-hydrogen) atoms. The van der Waals surface area contributed by atoms with Gasteiger partial charge in [-0.15, -0.1) is 0 Å². The predicted molar refractivity (Wildman–Crippen MR) is 115 cm³/mol. The minimum absolute atomic E-state index is 0.0262. The van der Waals surface area contributed by atoms with Crippen molar-refractivity contribution in [1.82, 2.24) is 0 Å². The molecule has 138 valence electrons. The lowest BCUT2D eigenvalue weighted by molar-refractivity contribution is -0.144. The first-order chi connectivity index (χ1) is 12.1. The van der Waals surface area contributed by atoms with E-state index < -0.39 is 28.5 Å². The zero-order valence-electron chi connectivity index (χ0n) is 12.6. The van der Waals surface area contributed by atoms with Crippen molar-refractivity contribution in [3.05, 3.63) is 47.1 Å². The fraction of sp³-hybridized carbons (Fsp3) is 0.0667. The largest absolute Gasteiger partial charge is 0.744 e. The molecule has 0 aromatic heterocycles. The van der Waals surface area contributed by atoms with Crippen molar-refractivity contribution < 1.29 is 32.0 Å². The third-order valence-corrected chi connectivity index (χ3v) is 6.88. The molecule has 7 nitrogen and oxygen atoms in total. The fourth-order valence-electron chi connectivity index (χ4n) is 1.79. The molecule has 0 aliphatic carbocycles. The van der Waals surface area contributed by atoms with Gasteiger partial charge < -0.3 is 14.0 Å². The van der Waals surface area contributed by atoms with Crippen molar-refractivity contribution in [1.29, 1.82) is 0 Å². The average Bonchev–Trinajstić information content (AvgIpc) is 2.47. The molecule has 0 spiro atoms. The lowest BCUT2D eigenvalue weighted by atomic mass is 10.3. The fourth-order valence-corrected chi connectivity index (χ4v) is 6.07. The van der Waals surface area contributed by atoms with Crippen molar-refractivity contribution in [2.75, 3.05) is 0 Å². The second-order valence-electron chi connectivity index (χ2n) is 4.75. The van der Waals surface area contributed by atoms with Gasteiger partial charge in [0.25, 0.3) is 0 Å². The molecule has 0 radical (unpaired) electrons. The molecule has 0 atom stereocenters. The number of benzene rings is 2. The first-order valence-electron chi connectivity index (χ1n) is 6.68. The molecular weight excluding hydrogens is 705 g/mol. The van der Waals surface area contributed by atoms with E-state index >= 15 is 0 Å². The van der Waals surface area contributed by atoms with Crippen LogP contribution in [0.15, 0.2) is 41.3 Å². The Hall–Kier alpha value is -0.520. The van der Waals surface area contributed by atoms with Gasteiger partial charge in [0.05, 0.1) is 4.90 Å². The Morgan fingerprint density at radius 2 is 1.35 bits per heavy atom. The molecule has 0 saturated carbocycles. The monoisotopic (exact) mass is 713 g/mol. The van der Waals surface area contributed by atoms with Crippen LogP contribution in [0.5, 0.6) is 11.5 Å². The molecule has 2 aromatic rings. The van der Waals surface area contributed by atoms with E-state index in [4.69, 9.17) is 9.47 Å². The van der Waals surface area contributed by atoms with Crippen molar-refractivity contribution in [2.45, 2.75) is 11.3 Å². The van der Waals surface area contributed by atoms with E-state index in [2.05, 4.69) is 22.6 Å². The molecule has 0 aliphatic rings. The summed E-state index contributed by atoms with van der Waals surface area (Å²) in [6.45, 7) is 0. The Balaban J connectivity index is 2.03. The zero-order chi connectivity index (χ0) is 19.5. The third-order valence-electron chi connectivity index (χ3n) is 2.79. The van der Waals surface area contributed by atoms with Gasteiger partial charge in [-0.1, -0.05) is 0 Å². The summed E-state index contributed by atoms with van der Waals surface area (Å²) in [5.74, 6) is -1.33. The van der Waals surface area contributed by atoms with Crippen molar-refractivity contribution in [3.8, 4) is 11.5 Å². The Morgan fingerprint density at radius 1 is 0.885 bits per heavy atom. The smallest absolute Gasteiger partial charge is 0.322 e. The number of halogens is 3. The van der Waals surface area contributed by atoms with E-state index in [1.165, 1.54) is 12.1 Å². The van der Waals surface area contributed by atoms with Crippen LogP contribution in [0.4, 0.5) is 0 Å². The van der Waals surface area contributed by atoms with Crippen LogP contribution in [0.2, 0.25) is 0 Å². The van der Waals surface area contributed by atoms with E-state index in [9.17, 15) is 22.6 Å². The minimum atomic E-state index is -4.65. The molecule has 0 saturated heterocycles. The van der Waals surface area contributed by atoms with Crippen LogP contribution in [0.25, 0.3) is 0 Å². The number of hydrogen-bond acceptors (Lipinski definition) is 7. The average molecular weight is 713 g/mol. The summed E-state index contributed by atoms with van der Waals surface area (Å²) in [4.78, 5) is 23.3. The zero-order valence-corrected chi connectivity index (χ0v) is 19.9. The first-order valence-corrected chi connectivity index (χ1v) is 11.3. The molecule has 0 unspecified atom stereocenters. The molecule has 0 bridgehead atoms.